The average molecular weight is 421 g/mol. The summed E-state index contributed by atoms with van der Waals surface area (Å²) in [5.74, 6) is -0.820. The van der Waals surface area contributed by atoms with Crippen LogP contribution in [0, 0.1) is 11.6 Å². The van der Waals surface area contributed by atoms with Crippen molar-refractivity contribution < 1.29 is 18.3 Å². The van der Waals surface area contributed by atoms with Crippen molar-refractivity contribution in [3.8, 4) is 5.75 Å². The second-order valence-corrected chi connectivity index (χ2v) is 7.89. The van der Waals surface area contributed by atoms with Gasteiger partial charge in [-0.05, 0) is 30.2 Å². The molecule has 0 saturated heterocycles. The van der Waals surface area contributed by atoms with Gasteiger partial charge < -0.3 is 4.74 Å². The van der Waals surface area contributed by atoms with Gasteiger partial charge in [0.15, 0.2) is 22.0 Å². The summed E-state index contributed by atoms with van der Waals surface area (Å²) < 4.78 is 33.5. The first-order chi connectivity index (χ1) is 13.6. The van der Waals surface area contributed by atoms with Crippen molar-refractivity contribution in [1.29, 1.82) is 0 Å². The molecule has 1 amide bonds. The molecule has 28 heavy (non-hydrogen) atoms. The van der Waals surface area contributed by atoms with Crippen LogP contribution < -0.4 is 10.1 Å². The summed E-state index contributed by atoms with van der Waals surface area (Å²) in [4.78, 5) is 12.4. The van der Waals surface area contributed by atoms with Crippen molar-refractivity contribution >= 4 is 34.1 Å². The predicted molar refractivity (Wildman–Crippen MR) is 106 cm³/mol. The summed E-state index contributed by atoms with van der Waals surface area (Å²) in [6.07, 6.45) is -0.510. The van der Waals surface area contributed by atoms with Gasteiger partial charge >= 0.3 is 0 Å². The highest BCUT2D eigenvalue weighted by Crippen LogP contribution is 2.29. The topological polar surface area (TPSA) is 64.1 Å². The molecule has 1 unspecified atom stereocenters. The number of para-hydroxylation sites is 1. The van der Waals surface area contributed by atoms with Crippen molar-refractivity contribution in [3.05, 3.63) is 65.7 Å². The number of aromatic nitrogens is 2. The van der Waals surface area contributed by atoms with E-state index in [2.05, 4.69) is 15.5 Å². The highest BCUT2D eigenvalue weighted by Gasteiger charge is 2.21. The Morgan fingerprint density at radius 2 is 1.86 bits per heavy atom. The second-order valence-electron chi connectivity index (χ2n) is 5.69. The van der Waals surface area contributed by atoms with Gasteiger partial charge in [-0.15, -0.1) is 10.2 Å². The first-order valence-electron chi connectivity index (χ1n) is 8.48. The van der Waals surface area contributed by atoms with E-state index in [1.807, 2.05) is 0 Å². The van der Waals surface area contributed by atoms with Gasteiger partial charge in [0.2, 0.25) is 5.13 Å². The smallest absolute Gasteiger partial charge is 0.267 e. The van der Waals surface area contributed by atoms with Crippen LogP contribution in [0.15, 0.2) is 52.9 Å². The molecule has 0 aliphatic rings. The van der Waals surface area contributed by atoms with Gasteiger partial charge in [0.1, 0.15) is 5.82 Å². The number of amides is 1. The van der Waals surface area contributed by atoms with Gasteiger partial charge in [-0.1, -0.05) is 60.4 Å². The monoisotopic (exact) mass is 421 g/mol. The maximum atomic E-state index is 13.7. The fourth-order valence-electron chi connectivity index (χ4n) is 2.28. The van der Waals surface area contributed by atoms with E-state index in [4.69, 9.17) is 4.74 Å². The number of hydrogen-bond acceptors (Lipinski definition) is 6. The van der Waals surface area contributed by atoms with Gasteiger partial charge in [-0.3, -0.25) is 10.1 Å². The maximum absolute atomic E-state index is 13.7. The minimum absolute atomic E-state index is 0.0166. The molecule has 0 spiro atoms. The molecule has 146 valence electrons. The average Bonchev–Trinajstić information content (AvgIpc) is 3.14. The number of thioether (sulfide) groups is 1. The maximum Gasteiger partial charge on any atom is 0.267 e. The third kappa shape index (κ3) is 5.26. The van der Waals surface area contributed by atoms with Crippen molar-refractivity contribution in [2.24, 2.45) is 0 Å². The van der Waals surface area contributed by atoms with Gasteiger partial charge in [-0.25, -0.2) is 8.78 Å². The zero-order valence-electron chi connectivity index (χ0n) is 14.9. The summed E-state index contributed by atoms with van der Waals surface area (Å²) in [5.41, 5.74) is 0.567. The summed E-state index contributed by atoms with van der Waals surface area (Å²) >= 11 is 2.51. The summed E-state index contributed by atoms with van der Waals surface area (Å²) in [6.45, 7) is 1.76. The molecule has 9 heteroatoms. The number of ether oxygens (including phenoxy) is 1. The molecular weight excluding hydrogens is 404 g/mol. The Morgan fingerprint density at radius 1 is 1.14 bits per heavy atom. The summed E-state index contributed by atoms with van der Waals surface area (Å²) in [6, 6.07) is 12.4. The number of halogens is 2. The molecule has 3 rings (SSSR count). The number of anilines is 1. The molecule has 5 nitrogen and oxygen atoms in total. The van der Waals surface area contributed by atoms with Gasteiger partial charge in [0.05, 0.1) is 0 Å². The lowest BCUT2D eigenvalue weighted by Crippen LogP contribution is -2.32. The van der Waals surface area contributed by atoms with Crippen LogP contribution in [0.2, 0.25) is 0 Å². The van der Waals surface area contributed by atoms with Crippen LogP contribution in [0.3, 0.4) is 0 Å². The molecule has 1 aromatic heterocycles. The van der Waals surface area contributed by atoms with E-state index in [0.717, 1.165) is 0 Å². The van der Waals surface area contributed by atoms with E-state index in [1.54, 1.807) is 37.3 Å². The number of rotatable bonds is 8. The molecule has 1 N–H and O–H groups in total. The Morgan fingerprint density at radius 3 is 2.57 bits per heavy atom. The number of carbonyl (C=O) groups excluding carboxylic acids is 1. The van der Waals surface area contributed by atoms with Crippen LogP contribution >= 0.6 is 23.1 Å². The molecule has 1 heterocycles. The number of benzene rings is 2. The highest BCUT2D eigenvalue weighted by atomic mass is 32.2. The Kier molecular flexibility index (Phi) is 6.94. The Hall–Kier alpha value is -2.52. The number of carbonyl (C=O) groups is 1. The van der Waals surface area contributed by atoms with Crippen molar-refractivity contribution in [2.45, 2.75) is 29.5 Å². The van der Waals surface area contributed by atoms with Crippen LogP contribution in [0.1, 0.15) is 18.9 Å². The first-order valence-corrected chi connectivity index (χ1v) is 10.3. The van der Waals surface area contributed by atoms with Crippen LogP contribution in [-0.2, 0) is 10.5 Å². The van der Waals surface area contributed by atoms with Crippen LogP contribution in [0.25, 0.3) is 0 Å². The van der Waals surface area contributed by atoms with Crippen molar-refractivity contribution in [3.63, 3.8) is 0 Å². The quantitative estimate of drug-likeness (QED) is 0.414. The number of nitrogens with zero attached hydrogens (tertiary/aromatic N) is 2. The van der Waals surface area contributed by atoms with Gasteiger partial charge in [0.25, 0.3) is 5.91 Å². The zero-order valence-corrected chi connectivity index (χ0v) is 16.5. The van der Waals surface area contributed by atoms with Gasteiger partial charge in [-0.2, -0.15) is 0 Å². The number of hydrogen-bond donors (Lipinski definition) is 1. The second kappa shape index (κ2) is 9.61. The summed E-state index contributed by atoms with van der Waals surface area (Å²) in [7, 11) is 0. The zero-order chi connectivity index (χ0) is 19.9. The molecule has 0 saturated carbocycles. The lowest BCUT2D eigenvalue weighted by Gasteiger charge is -2.16. The SMILES string of the molecule is CCC(Oc1ccccc1F)C(=O)Nc1nnc(SCc2ccccc2F)s1. The Balaban J connectivity index is 1.58. The van der Waals surface area contributed by atoms with Crippen molar-refractivity contribution in [2.75, 3.05) is 5.32 Å². The van der Waals surface area contributed by atoms with E-state index in [-0.39, 0.29) is 11.6 Å². The Labute approximate surface area is 169 Å². The fraction of sp³-hybridized carbons (Fsp3) is 0.211. The van der Waals surface area contributed by atoms with Gasteiger partial charge in [0, 0.05) is 5.75 Å². The molecule has 2 aromatic carbocycles. The fourth-order valence-corrected chi connectivity index (χ4v) is 4.02. The normalized spacial score (nSPS) is 11.8. The lowest BCUT2D eigenvalue weighted by molar-refractivity contribution is -0.122. The third-order valence-electron chi connectivity index (χ3n) is 3.71. The van der Waals surface area contributed by atoms with E-state index in [9.17, 15) is 13.6 Å². The molecule has 0 aliphatic heterocycles. The minimum Gasteiger partial charge on any atom is -0.478 e. The minimum atomic E-state index is -0.865. The van der Waals surface area contributed by atoms with E-state index in [1.165, 1.54) is 41.3 Å². The molecule has 0 fully saturated rings. The summed E-state index contributed by atoms with van der Waals surface area (Å²) in [5, 5.41) is 10.9. The van der Waals surface area contributed by atoms with Crippen molar-refractivity contribution in [1.82, 2.24) is 10.2 Å². The first kappa shape index (κ1) is 20.2. The Bertz CT molecular complexity index is 952. The molecular formula is C19H17F2N3O2S2. The number of nitrogens with one attached hydrogen (secondary N) is 1. The lowest BCUT2D eigenvalue weighted by atomic mass is 10.2. The molecule has 0 bridgehead atoms. The largest absolute Gasteiger partial charge is 0.478 e. The van der Waals surface area contributed by atoms with E-state index < -0.39 is 17.8 Å². The molecule has 0 aliphatic carbocycles. The van der Waals surface area contributed by atoms with Crippen LogP contribution in [-0.4, -0.2) is 22.2 Å². The third-order valence-corrected chi connectivity index (χ3v) is 5.74. The van der Waals surface area contributed by atoms with Crippen LogP contribution in [0.5, 0.6) is 5.75 Å². The molecule has 3 aromatic rings. The standard InChI is InChI=1S/C19H17F2N3O2S2/c1-2-15(26-16-10-6-5-9-14(16)21)17(25)22-18-23-24-19(28-18)27-11-12-7-3-4-8-13(12)20/h3-10,15H,2,11H2,1H3,(H,22,23,25). The predicted octanol–water partition coefficient (Wildman–Crippen LogP) is 4.90. The molecule has 1 atom stereocenters. The van der Waals surface area contributed by atoms with E-state index in [0.29, 0.717) is 27.2 Å². The highest BCUT2D eigenvalue weighted by molar-refractivity contribution is 8.00. The molecule has 0 radical (unpaired) electrons. The van der Waals surface area contributed by atoms with Crippen LogP contribution in [0.4, 0.5) is 13.9 Å². The van der Waals surface area contributed by atoms with E-state index >= 15 is 0 Å².